The predicted molar refractivity (Wildman–Crippen MR) is 497 cm³/mol. The van der Waals surface area contributed by atoms with E-state index < -0.39 is 0 Å². The van der Waals surface area contributed by atoms with Crippen LogP contribution in [0.3, 0.4) is 0 Å². The zero-order valence-electron chi connectivity index (χ0n) is 64.7. The van der Waals surface area contributed by atoms with E-state index in [0.29, 0.717) is 5.82 Å². The number of hydrogen-bond donors (Lipinski definition) is 0. The third kappa shape index (κ3) is 9.87. The fourth-order valence-electron chi connectivity index (χ4n) is 20.1. The lowest BCUT2D eigenvalue weighted by molar-refractivity contribution is 1.17. The Labute approximate surface area is 689 Å². The van der Waals surface area contributed by atoms with Gasteiger partial charge in [0.25, 0.3) is 0 Å². The van der Waals surface area contributed by atoms with Gasteiger partial charge in [-0.1, -0.05) is 267 Å². The molecule has 0 N–H and O–H groups in total. The fraction of sp³-hybridized carbons (Fsp3) is 0. The van der Waals surface area contributed by atoms with E-state index in [2.05, 4.69) is 413 Å². The molecule has 2 aliphatic rings. The summed E-state index contributed by atoms with van der Waals surface area (Å²) in [5.74, 6) is 1.43. The van der Waals surface area contributed by atoms with Gasteiger partial charge in [-0.3, -0.25) is 0 Å². The molecule has 0 saturated heterocycles. The molecule has 6 heterocycles. The van der Waals surface area contributed by atoms with Crippen molar-refractivity contribution in [1.82, 2.24) is 38.2 Å². The predicted octanol–water partition coefficient (Wildman–Crippen LogP) is 28.9. The molecule has 0 atom stereocenters. The Hall–Kier alpha value is -16.2. The number of hydrogen-bond acceptors (Lipinski definition) is 4. The number of benzene rings is 18. The highest BCUT2D eigenvalue weighted by Gasteiger charge is 2.31. The molecule has 26 rings (SSSR count). The van der Waals surface area contributed by atoms with Crippen LogP contribution in [-0.2, 0) is 0 Å². The average molecular weight is 1520 g/mol. The third-order valence-electron chi connectivity index (χ3n) is 25.5. The molecule has 554 valence electrons. The van der Waals surface area contributed by atoms with E-state index >= 15 is 0 Å². The van der Waals surface area contributed by atoms with Gasteiger partial charge in [0.15, 0.2) is 11.6 Å². The van der Waals surface area contributed by atoms with Crippen LogP contribution in [0.5, 0.6) is 0 Å². The van der Waals surface area contributed by atoms with Gasteiger partial charge in [-0.15, -0.1) is 0 Å². The molecular formula is C112H66N8. The van der Waals surface area contributed by atoms with E-state index in [0.717, 1.165) is 151 Å². The first-order valence-electron chi connectivity index (χ1n) is 41.1. The minimum Gasteiger partial charge on any atom is -0.309 e. The van der Waals surface area contributed by atoms with Crippen molar-refractivity contribution in [3.8, 4) is 146 Å². The summed E-state index contributed by atoms with van der Waals surface area (Å²) in [6, 6.07) is 146. The molecule has 0 fully saturated rings. The van der Waals surface area contributed by atoms with Gasteiger partial charge < -0.3 is 18.3 Å². The first kappa shape index (κ1) is 66.2. The lowest BCUT2D eigenvalue weighted by atomic mass is 9.99. The number of fused-ring (bicyclic) bond motifs is 18. The van der Waals surface area contributed by atoms with Gasteiger partial charge in [0.2, 0.25) is 0 Å². The summed E-state index contributed by atoms with van der Waals surface area (Å²) >= 11 is 0. The van der Waals surface area contributed by atoms with E-state index in [4.69, 9.17) is 19.9 Å². The van der Waals surface area contributed by atoms with Gasteiger partial charge in [0.1, 0.15) is 0 Å². The van der Waals surface area contributed by atoms with Gasteiger partial charge >= 0.3 is 0 Å². The molecule has 120 heavy (non-hydrogen) atoms. The maximum Gasteiger partial charge on any atom is 0.160 e. The Morgan fingerprint density at radius 3 is 0.833 bits per heavy atom. The van der Waals surface area contributed by atoms with E-state index in [-0.39, 0.29) is 0 Å². The first-order chi connectivity index (χ1) is 59.5. The smallest absolute Gasteiger partial charge is 0.160 e. The fourth-order valence-corrected chi connectivity index (χ4v) is 20.1. The normalized spacial score (nSPS) is 12.2. The van der Waals surface area contributed by atoms with Gasteiger partial charge in [0, 0.05) is 110 Å². The Morgan fingerprint density at radius 1 is 0.158 bits per heavy atom. The monoisotopic (exact) mass is 1520 g/mol. The molecule has 0 bridgehead atoms. The zero-order chi connectivity index (χ0) is 78.4. The highest BCUT2D eigenvalue weighted by atomic mass is 15.0. The molecule has 0 amide bonds. The Kier molecular flexibility index (Phi) is 14.2. The highest BCUT2D eigenvalue weighted by Crippen LogP contribution is 2.53. The van der Waals surface area contributed by atoms with Gasteiger partial charge in [-0.2, -0.15) is 0 Å². The molecule has 8 nitrogen and oxygen atoms in total. The van der Waals surface area contributed by atoms with E-state index in [1.54, 1.807) is 0 Å². The summed E-state index contributed by atoms with van der Waals surface area (Å²) in [6.45, 7) is 0. The van der Waals surface area contributed by atoms with Crippen molar-refractivity contribution in [2.24, 2.45) is 0 Å². The SMILES string of the molecule is c1ccc(-c2nc(-c3ccc(-n4c5ccccc5c5cc(-c6ccc7c(c6)c6ccccc6n7-c6ccc(-c7cccc(-n8c9ccccc9c9cc(-c%10ccc%11c(c%10)c%10ccccc%10n%11-c%10ccc(-c%11nc(-c%12ccccc%12)c%12c(n%11)-c%11cccc%13cccc-%12c%11%13)cc%10)ccc98)c7)cc6)ccc54)cc3)c3c(n2)-c2cccc4cccc-3c24)cc1. The lowest BCUT2D eigenvalue weighted by Gasteiger charge is -2.14. The van der Waals surface area contributed by atoms with E-state index in [1.807, 2.05) is 6.07 Å². The maximum atomic E-state index is 5.39. The third-order valence-corrected chi connectivity index (χ3v) is 25.5. The molecule has 0 saturated carbocycles. The Bertz CT molecular complexity index is 8490. The van der Waals surface area contributed by atoms with Crippen molar-refractivity contribution in [1.29, 1.82) is 0 Å². The van der Waals surface area contributed by atoms with Crippen molar-refractivity contribution < 1.29 is 0 Å². The number of rotatable bonds is 11. The highest BCUT2D eigenvalue weighted by molar-refractivity contribution is 6.20. The van der Waals surface area contributed by atoms with Crippen LogP contribution in [0.25, 0.3) is 255 Å². The molecule has 0 radical (unpaired) electrons. The second-order valence-corrected chi connectivity index (χ2v) is 31.9. The van der Waals surface area contributed by atoms with Crippen LogP contribution in [0, 0.1) is 0 Å². The standard InChI is InChI=1S/C112H66N8/c1-3-20-70(21-4-1)107-105-87-34-16-24-68-26-18-36-89(103(68)87)109(105)116-112(113-107)73-46-56-81(57-47-73)119-97-40-13-9-32-85(97)93-65-77(50-60-101(93)119)78-51-61-102-94(66-78)86-33-10-14-41-98(86)120(102)82-29-15-28-74(62-82)67-42-52-79(53-43-67)117-95-38-11-7-30-83(95)91-63-75(48-58-99(91)117)76-49-59-100-92(64-76)84-31-8-12-39-96(84)118(100)80-54-44-71(45-55-80)108-106-88-35-17-25-69-27-19-37-90(104(69)88)110(106)115-111(114-108)72-22-5-2-6-23-72/h1-66H. The molecule has 18 aromatic carbocycles. The second kappa shape index (κ2) is 25.7. The van der Waals surface area contributed by atoms with Crippen LogP contribution in [0.1, 0.15) is 0 Å². The van der Waals surface area contributed by atoms with Crippen molar-refractivity contribution in [3.63, 3.8) is 0 Å². The quantitative estimate of drug-likeness (QED) is 0.129. The minimum atomic E-state index is 0.708. The van der Waals surface area contributed by atoms with Crippen LogP contribution in [0.2, 0.25) is 0 Å². The minimum absolute atomic E-state index is 0.708. The maximum absolute atomic E-state index is 5.39. The molecule has 6 aromatic heterocycles. The average Bonchev–Trinajstić information content (AvgIpc) is 1.57. The van der Waals surface area contributed by atoms with Crippen molar-refractivity contribution in [2.45, 2.75) is 0 Å². The van der Waals surface area contributed by atoms with Crippen LogP contribution >= 0.6 is 0 Å². The van der Waals surface area contributed by atoms with E-state index in [9.17, 15) is 0 Å². The van der Waals surface area contributed by atoms with Crippen LogP contribution in [-0.4, -0.2) is 38.2 Å². The van der Waals surface area contributed by atoms with Crippen LogP contribution in [0.4, 0.5) is 0 Å². The van der Waals surface area contributed by atoms with Crippen LogP contribution < -0.4 is 0 Å². The largest absolute Gasteiger partial charge is 0.309 e. The molecule has 0 unspecified atom stereocenters. The summed E-state index contributed by atoms with van der Waals surface area (Å²) < 4.78 is 9.65. The molecule has 8 heteroatoms. The van der Waals surface area contributed by atoms with Crippen molar-refractivity contribution in [3.05, 3.63) is 400 Å². The molecule has 0 aliphatic heterocycles. The molecule has 2 aliphatic carbocycles. The molecule has 0 spiro atoms. The van der Waals surface area contributed by atoms with Crippen molar-refractivity contribution >= 4 is 109 Å². The first-order valence-corrected chi connectivity index (χ1v) is 41.1. The summed E-state index contributed by atoms with van der Waals surface area (Å²) in [4.78, 5) is 21.4. The van der Waals surface area contributed by atoms with Gasteiger partial charge in [-0.05, 0) is 200 Å². The summed E-state index contributed by atoms with van der Waals surface area (Å²) in [5, 5.41) is 14.5. The lowest BCUT2D eigenvalue weighted by Crippen LogP contribution is -1.98. The molecular weight excluding hydrogens is 1460 g/mol. The molecule has 24 aromatic rings. The van der Waals surface area contributed by atoms with Gasteiger partial charge in [0.05, 0.1) is 66.9 Å². The summed E-state index contributed by atoms with van der Waals surface area (Å²) in [7, 11) is 0. The number of para-hydroxylation sites is 4. The van der Waals surface area contributed by atoms with Crippen molar-refractivity contribution in [2.75, 3.05) is 0 Å². The Morgan fingerprint density at radius 2 is 0.433 bits per heavy atom. The van der Waals surface area contributed by atoms with E-state index in [1.165, 1.54) is 98.0 Å². The topological polar surface area (TPSA) is 71.3 Å². The summed E-state index contributed by atoms with van der Waals surface area (Å²) in [6.07, 6.45) is 0. The Balaban J connectivity index is 0.498. The van der Waals surface area contributed by atoms with Crippen LogP contribution in [0.15, 0.2) is 400 Å². The van der Waals surface area contributed by atoms with Gasteiger partial charge in [-0.25, -0.2) is 19.9 Å². The second-order valence-electron chi connectivity index (χ2n) is 31.9. The summed E-state index contributed by atoms with van der Waals surface area (Å²) in [5.41, 5.74) is 35.4. The zero-order valence-corrected chi connectivity index (χ0v) is 64.7. The number of nitrogens with zero attached hydrogens (tertiary/aromatic N) is 8. The number of aromatic nitrogens is 8.